The lowest BCUT2D eigenvalue weighted by Crippen LogP contribution is -2.49. The second-order valence-corrected chi connectivity index (χ2v) is 5.91. The van der Waals surface area contributed by atoms with E-state index in [0.29, 0.717) is 13.0 Å². The number of nitrogens with one attached hydrogen (secondary N) is 1. The van der Waals surface area contributed by atoms with Crippen molar-refractivity contribution in [2.45, 2.75) is 31.7 Å². The van der Waals surface area contributed by atoms with Crippen molar-refractivity contribution in [3.8, 4) is 0 Å². The van der Waals surface area contributed by atoms with Crippen LogP contribution in [0.15, 0.2) is 18.2 Å². The van der Waals surface area contributed by atoms with Crippen molar-refractivity contribution in [3.63, 3.8) is 0 Å². The topological polar surface area (TPSA) is 119 Å². The fourth-order valence-electron chi connectivity index (χ4n) is 2.88. The van der Waals surface area contributed by atoms with Gasteiger partial charge in [-0.15, -0.1) is 0 Å². The summed E-state index contributed by atoms with van der Waals surface area (Å²) >= 11 is 0. The van der Waals surface area contributed by atoms with Crippen molar-refractivity contribution < 1.29 is 18.9 Å². The van der Waals surface area contributed by atoms with E-state index in [-0.39, 0.29) is 37.0 Å². The number of non-ortho nitro benzene ring substituents is 1. The molecule has 8 nitrogen and oxygen atoms in total. The molecule has 2 rings (SSSR count). The normalized spacial score (nSPS) is 17.2. The van der Waals surface area contributed by atoms with Gasteiger partial charge < -0.3 is 16.0 Å². The van der Waals surface area contributed by atoms with Crippen molar-refractivity contribution in [3.05, 3.63) is 39.7 Å². The molecule has 136 valence electrons. The van der Waals surface area contributed by atoms with Gasteiger partial charge in [0.1, 0.15) is 5.82 Å². The zero-order chi connectivity index (χ0) is 18.4. The van der Waals surface area contributed by atoms with Crippen LogP contribution in [0.4, 0.5) is 10.1 Å². The number of benzene rings is 1. The van der Waals surface area contributed by atoms with Gasteiger partial charge >= 0.3 is 0 Å². The van der Waals surface area contributed by atoms with Crippen LogP contribution in [0.3, 0.4) is 0 Å². The van der Waals surface area contributed by atoms with Gasteiger partial charge in [0.15, 0.2) is 0 Å². The lowest BCUT2D eigenvalue weighted by molar-refractivity contribution is -0.385. The zero-order valence-electron chi connectivity index (χ0n) is 13.7. The Morgan fingerprint density at radius 1 is 1.40 bits per heavy atom. The number of carbonyl (C=O) groups excluding carboxylic acids is 2. The minimum absolute atomic E-state index is 0.193. The molecule has 1 atom stereocenters. The van der Waals surface area contributed by atoms with Crippen molar-refractivity contribution in [2.24, 2.45) is 5.73 Å². The highest BCUT2D eigenvalue weighted by molar-refractivity contribution is 5.95. The summed E-state index contributed by atoms with van der Waals surface area (Å²) in [6, 6.07) is 2.75. The third-order valence-electron chi connectivity index (χ3n) is 4.19. The molecule has 0 radical (unpaired) electrons. The molecule has 1 unspecified atom stereocenters. The summed E-state index contributed by atoms with van der Waals surface area (Å²) in [5.41, 5.74) is 4.72. The summed E-state index contributed by atoms with van der Waals surface area (Å²) in [6.07, 6.45) is 2.60. The largest absolute Gasteiger partial charge is 0.354 e. The smallest absolute Gasteiger partial charge is 0.272 e. The second kappa shape index (κ2) is 8.52. The Bertz CT molecular complexity index is 668. The number of hydrogen-bond acceptors (Lipinski definition) is 5. The molecular weight excluding hydrogens is 331 g/mol. The molecule has 0 spiro atoms. The summed E-state index contributed by atoms with van der Waals surface area (Å²) in [6.45, 7) is 0.971. The Balaban J connectivity index is 2.12. The summed E-state index contributed by atoms with van der Waals surface area (Å²) in [4.78, 5) is 35.7. The number of carbonyl (C=O) groups is 2. The molecule has 0 aliphatic carbocycles. The average Bonchev–Trinajstić information content (AvgIpc) is 2.59. The van der Waals surface area contributed by atoms with Gasteiger partial charge in [0, 0.05) is 38.2 Å². The first-order chi connectivity index (χ1) is 11.9. The Morgan fingerprint density at radius 3 is 2.80 bits per heavy atom. The van der Waals surface area contributed by atoms with Crippen LogP contribution in [-0.4, -0.2) is 47.3 Å². The van der Waals surface area contributed by atoms with Crippen LogP contribution in [0.25, 0.3) is 0 Å². The molecule has 0 saturated carbocycles. The highest BCUT2D eigenvalue weighted by Crippen LogP contribution is 2.23. The van der Waals surface area contributed by atoms with Crippen LogP contribution >= 0.6 is 0 Å². The van der Waals surface area contributed by atoms with Gasteiger partial charge in [0.25, 0.3) is 11.6 Å². The summed E-state index contributed by atoms with van der Waals surface area (Å²) < 4.78 is 14.1. The highest BCUT2D eigenvalue weighted by Gasteiger charge is 2.29. The van der Waals surface area contributed by atoms with Gasteiger partial charge in [-0.25, -0.2) is 4.39 Å². The summed E-state index contributed by atoms with van der Waals surface area (Å²) in [5, 5.41) is 13.4. The SMILES string of the molecule is NCCC(=O)NCC1CCCCN1C(=O)c1ccc([N+](=O)[O-])cc1F. The predicted octanol–water partition coefficient (Wildman–Crippen LogP) is 1.19. The summed E-state index contributed by atoms with van der Waals surface area (Å²) in [7, 11) is 0. The number of nitro benzene ring substituents is 1. The Morgan fingerprint density at radius 2 is 2.16 bits per heavy atom. The number of nitrogens with two attached hydrogens (primary N) is 1. The minimum atomic E-state index is -0.921. The lowest BCUT2D eigenvalue weighted by Gasteiger charge is -2.36. The van der Waals surface area contributed by atoms with Crippen LogP contribution in [0.2, 0.25) is 0 Å². The van der Waals surface area contributed by atoms with Crippen LogP contribution < -0.4 is 11.1 Å². The van der Waals surface area contributed by atoms with Crippen molar-refractivity contribution >= 4 is 17.5 Å². The first kappa shape index (κ1) is 18.8. The van der Waals surface area contributed by atoms with Gasteiger partial charge in [-0.05, 0) is 25.3 Å². The van der Waals surface area contributed by atoms with Crippen LogP contribution in [-0.2, 0) is 4.79 Å². The van der Waals surface area contributed by atoms with Crippen molar-refractivity contribution in [2.75, 3.05) is 19.6 Å². The van der Waals surface area contributed by atoms with Gasteiger partial charge in [-0.1, -0.05) is 0 Å². The first-order valence-electron chi connectivity index (χ1n) is 8.15. The van der Waals surface area contributed by atoms with Crippen LogP contribution in [0.5, 0.6) is 0 Å². The van der Waals surface area contributed by atoms with E-state index in [2.05, 4.69) is 5.32 Å². The Labute approximate surface area is 144 Å². The van der Waals surface area contributed by atoms with E-state index >= 15 is 0 Å². The maximum atomic E-state index is 14.1. The monoisotopic (exact) mass is 352 g/mol. The second-order valence-electron chi connectivity index (χ2n) is 5.91. The molecule has 9 heteroatoms. The third-order valence-corrected chi connectivity index (χ3v) is 4.19. The Hall–Kier alpha value is -2.55. The lowest BCUT2D eigenvalue weighted by atomic mass is 10.00. The predicted molar refractivity (Wildman–Crippen MR) is 88.4 cm³/mol. The maximum absolute atomic E-state index is 14.1. The fraction of sp³-hybridized carbons (Fsp3) is 0.500. The molecule has 1 heterocycles. The molecule has 1 fully saturated rings. The number of likely N-dealkylation sites (tertiary alicyclic amines) is 1. The van der Waals surface area contributed by atoms with E-state index in [9.17, 15) is 24.1 Å². The molecule has 1 aromatic carbocycles. The molecule has 0 bridgehead atoms. The van der Waals surface area contributed by atoms with E-state index in [1.165, 1.54) is 4.90 Å². The minimum Gasteiger partial charge on any atom is -0.354 e. The number of halogens is 1. The standard InChI is InChI=1S/C16H21FN4O4/c17-14-9-11(21(24)25)4-5-13(14)16(23)20-8-2-1-3-12(20)10-19-15(22)6-7-18/h4-5,9,12H,1-3,6-8,10,18H2,(H,19,22). The number of nitro groups is 1. The number of rotatable bonds is 6. The first-order valence-corrected chi connectivity index (χ1v) is 8.15. The summed E-state index contributed by atoms with van der Waals surface area (Å²) in [5.74, 6) is -1.64. The molecule has 1 aliphatic heterocycles. The van der Waals surface area contributed by atoms with Gasteiger partial charge in [0.2, 0.25) is 5.91 Å². The molecule has 25 heavy (non-hydrogen) atoms. The van der Waals surface area contributed by atoms with Crippen molar-refractivity contribution in [1.82, 2.24) is 10.2 Å². The quantitative estimate of drug-likeness (QED) is 0.589. The van der Waals surface area contributed by atoms with Crippen LogP contribution in [0.1, 0.15) is 36.0 Å². The maximum Gasteiger partial charge on any atom is 0.272 e. The highest BCUT2D eigenvalue weighted by atomic mass is 19.1. The van der Waals surface area contributed by atoms with Crippen molar-refractivity contribution in [1.29, 1.82) is 0 Å². The number of hydrogen-bond donors (Lipinski definition) is 2. The van der Waals surface area contributed by atoms with E-state index in [4.69, 9.17) is 5.73 Å². The van der Waals surface area contributed by atoms with E-state index < -0.39 is 22.3 Å². The number of amides is 2. The van der Waals surface area contributed by atoms with Gasteiger partial charge in [-0.3, -0.25) is 19.7 Å². The van der Waals surface area contributed by atoms with Crippen LogP contribution in [0, 0.1) is 15.9 Å². The van der Waals surface area contributed by atoms with E-state index in [0.717, 1.165) is 31.0 Å². The molecule has 2 amide bonds. The van der Waals surface area contributed by atoms with Gasteiger partial charge in [0.05, 0.1) is 16.6 Å². The fourth-order valence-corrected chi connectivity index (χ4v) is 2.88. The van der Waals surface area contributed by atoms with Gasteiger partial charge in [-0.2, -0.15) is 0 Å². The average molecular weight is 352 g/mol. The number of piperidine rings is 1. The molecule has 0 aromatic heterocycles. The Kier molecular flexibility index (Phi) is 6.40. The number of nitrogens with zero attached hydrogens (tertiary/aromatic N) is 2. The van der Waals surface area contributed by atoms with E-state index in [1.54, 1.807) is 0 Å². The van der Waals surface area contributed by atoms with E-state index in [1.807, 2.05) is 0 Å². The molecule has 3 N–H and O–H groups in total. The molecule has 1 aromatic rings. The molecular formula is C16H21FN4O4. The third kappa shape index (κ3) is 4.72. The zero-order valence-corrected chi connectivity index (χ0v) is 13.7. The molecule has 1 aliphatic rings. The molecule has 1 saturated heterocycles.